The number of nitrogens with two attached hydrogens (primary N) is 1. The average molecular weight is 318 g/mol. The fourth-order valence-electron chi connectivity index (χ4n) is 1.31. The van der Waals surface area contributed by atoms with E-state index in [0.29, 0.717) is 0 Å². The van der Waals surface area contributed by atoms with Crippen molar-refractivity contribution in [2.75, 3.05) is 5.73 Å². The highest BCUT2D eigenvalue weighted by Crippen LogP contribution is 2.33. The Balaban J connectivity index is 2.40. The summed E-state index contributed by atoms with van der Waals surface area (Å²) in [5, 5.41) is 0. The number of halogens is 4. The van der Waals surface area contributed by atoms with Gasteiger partial charge < -0.3 is 10.5 Å². The summed E-state index contributed by atoms with van der Waals surface area (Å²) >= 11 is 2.95. The highest BCUT2D eigenvalue weighted by molar-refractivity contribution is 9.10. The molecule has 0 unspecified atom stereocenters. The smallest absolute Gasteiger partial charge is 0.201 e. The number of hydrogen-bond acceptors (Lipinski definition) is 2. The maximum Gasteiger partial charge on any atom is 0.201 e. The summed E-state index contributed by atoms with van der Waals surface area (Å²) in [4.78, 5) is 0. The third-order valence-electron chi connectivity index (χ3n) is 2.19. The molecule has 0 aliphatic carbocycles. The molecule has 0 aromatic heterocycles. The van der Waals surface area contributed by atoms with E-state index < -0.39 is 17.5 Å². The molecule has 0 bridgehead atoms. The Kier molecular flexibility index (Phi) is 3.47. The topological polar surface area (TPSA) is 35.2 Å². The molecule has 0 atom stereocenters. The zero-order valence-electron chi connectivity index (χ0n) is 8.88. The van der Waals surface area contributed by atoms with Crippen LogP contribution in [0, 0.1) is 17.5 Å². The molecule has 18 heavy (non-hydrogen) atoms. The molecule has 0 aliphatic heterocycles. The van der Waals surface area contributed by atoms with Crippen molar-refractivity contribution in [3.05, 3.63) is 52.3 Å². The molecule has 0 spiro atoms. The van der Waals surface area contributed by atoms with Gasteiger partial charge in [0.25, 0.3) is 0 Å². The highest BCUT2D eigenvalue weighted by Gasteiger charge is 2.13. The summed E-state index contributed by atoms with van der Waals surface area (Å²) in [6, 6.07) is 5.72. The molecule has 2 rings (SSSR count). The van der Waals surface area contributed by atoms with Gasteiger partial charge in [-0.1, -0.05) is 6.07 Å². The quantitative estimate of drug-likeness (QED) is 0.841. The van der Waals surface area contributed by atoms with Crippen molar-refractivity contribution in [3.8, 4) is 11.5 Å². The summed E-state index contributed by atoms with van der Waals surface area (Å²) in [5.74, 6) is -3.26. The Bertz CT molecular complexity index is 604. The van der Waals surface area contributed by atoms with Crippen molar-refractivity contribution < 1.29 is 17.9 Å². The summed E-state index contributed by atoms with van der Waals surface area (Å²) in [6.45, 7) is 0. The molecule has 0 heterocycles. The third-order valence-corrected chi connectivity index (χ3v) is 2.80. The first-order valence-corrected chi connectivity index (χ1v) is 5.64. The Labute approximate surface area is 109 Å². The molecule has 0 amide bonds. The second kappa shape index (κ2) is 4.89. The second-order valence-electron chi connectivity index (χ2n) is 3.46. The molecular formula is C12H7BrF3NO. The van der Waals surface area contributed by atoms with Gasteiger partial charge in [-0.15, -0.1) is 0 Å². The van der Waals surface area contributed by atoms with Crippen molar-refractivity contribution in [1.82, 2.24) is 0 Å². The van der Waals surface area contributed by atoms with Gasteiger partial charge in [0.05, 0.1) is 10.2 Å². The van der Waals surface area contributed by atoms with Gasteiger partial charge in [-0.3, -0.25) is 0 Å². The van der Waals surface area contributed by atoms with Gasteiger partial charge in [-0.25, -0.2) is 8.78 Å². The molecular weight excluding hydrogens is 311 g/mol. The van der Waals surface area contributed by atoms with E-state index in [0.717, 1.165) is 12.1 Å². The molecule has 2 nitrogen and oxygen atoms in total. The molecule has 2 aromatic rings. The zero-order chi connectivity index (χ0) is 13.3. The third kappa shape index (κ3) is 2.43. The van der Waals surface area contributed by atoms with E-state index in [1.807, 2.05) is 0 Å². The van der Waals surface area contributed by atoms with E-state index in [-0.39, 0.29) is 21.7 Å². The molecule has 0 fully saturated rings. The van der Waals surface area contributed by atoms with Crippen LogP contribution in [0.25, 0.3) is 0 Å². The zero-order valence-corrected chi connectivity index (χ0v) is 10.5. The van der Waals surface area contributed by atoms with Crippen LogP contribution in [0.2, 0.25) is 0 Å². The lowest BCUT2D eigenvalue weighted by Crippen LogP contribution is -1.96. The lowest BCUT2D eigenvalue weighted by molar-refractivity contribution is 0.415. The van der Waals surface area contributed by atoms with Gasteiger partial charge in [0.15, 0.2) is 17.3 Å². The number of hydrogen-bond donors (Lipinski definition) is 1. The number of benzene rings is 2. The van der Waals surface area contributed by atoms with Gasteiger partial charge in [0.1, 0.15) is 5.82 Å². The van der Waals surface area contributed by atoms with Crippen LogP contribution in [0.15, 0.2) is 34.8 Å². The van der Waals surface area contributed by atoms with Gasteiger partial charge in [-0.2, -0.15) is 4.39 Å². The lowest BCUT2D eigenvalue weighted by atomic mass is 10.3. The van der Waals surface area contributed by atoms with E-state index in [1.54, 1.807) is 0 Å². The number of anilines is 1. The molecule has 0 saturated carbocycles. The van der Waals surface area contributed by atoms with Crippen LogP contribution < -0.4 is 10.5 Å². The van der Waals surface area contributed by atoms with Crippen LogP contribution in [0.1, 0.15) is 0 Å². The van der Waals surface area contributed by atoms with Crippen LogP contribution in [-0.2, 0) is 0 Å². The van der Waals surface area contributed by atoms with Crippen molar-refractivity contribution in [1.29, 1.82) is 0 Å². The highest BCUT2D eigenvalue weighted by atomic mass is 79.9. The van der Waals surface area contributed by atoms with Crippen molar-refractivity contribution in [2.45, 2.75) is 0 Å². The Morgan fingerprint density at radius 3 is 2.44 bits per heavy atom. The minimum absolute atomic E-state index is 0.0831. The number of ether oxygens (including phenoxy) is 1. The van der Waals surface area contributed by atoms with E-state index in [1.165, 1.54) is 18.2 Å². The van der Waals surface area contributed by atoms with Crippen LogP contribution in [0.4, 0.5) is 18.9 Å². The van der Waals surface area contributed by atoms with E-state index in [4.69, 9.17) is 10.5 Å². The predicted octanol–water partition coefficient (Wildman–Crippen LogP) is 4.24. The number of rotatable bonds is 2. The fraction of sp³-hybridized carbons (Fsp3) is 0. The lowest BCUT2D eigenvalue weighted by Gasteiger charge is -2.10. The predicted molar refractivity (Wildman–Crippen MR) is 64.9 cm³/mol. The first kappa shape index (κ1) is 12.8. The minimum atomic E-state index is -1.15. The molecule has 2 aromatic carbocycles. The van der Waals surface area contributed by atoms with E-state index in [9.17, 15) is 13.2 Å². The number of nitrogen functional groups attached to an aromatic ring is 1. The van der Waals surface area contributed by atoms with Crippen LogP contribution in [-0.4, -0.2) is 0 Å². The van der Waals surface area contributed by atoms with E-state index in [2.05, 4.69) is 15.9 Å². The second-order valence-corrected chi connectivity index (χ2v) is 4.31. The summed E-state index contributed by atoms with van der Waals surface area (Å²) in [6.07, 6.45) is 0. The Hall–Kier alpha value is -1.69. The maximum atomic E-state index is 13.4. The van der Waals surface area contributed by atoms with Crippen LogP contribution in [0.5, 0.6) is 11.5 Å². The van der Waals surface area contributed by atoms with Gasteiger partial charge in [-0.05, 0) is 34.1 Å². The van der Waals surface area contributed by atoms with Crippen molar-refractivity contribution >= 4 is 21.6 Å². The maximum absolute atomic E-state index is 13.4. The normalized spacial score (nSPS) is 10.4. The van der Waals surface area contributed by atoms with Crippen molar-refractivity contribution in [3.63, 3.8) is 0 Å². The van der Waals surface area contributed by atoms with Gasteiger partial charge in [0, 0.05) is 6.07 Å². The van der Waals surface area contributed by atoms with Crippen molar-refractivity contribution in [2.24, 2.45) is 0 Å². The van der Waals surface area contributed by atoms with Gasteiger partial charge in [0.2, 0.25) is 5.82 Å². The molecule has 0 radical (unpaired) electrons. The van der Waals surface area contributed by atoms with Crippen LogP contribution >= 0.6 is 15.9 Å². The monoisotopic (exact) mass is 317 g/mol. The molecule has 6 heteroatoms. The van der Waals surface area contributed by atoms with Gasteiger partial charge >= 0.3 is 0 Å². The molecule has 0 aliphatic rings. The summed E-state index contributed by atoms with van der Waals surface area (Å²) < 4.78 is 44.8. The fourth-order valence-corrected chi connectivity index (χ4v) is 1.67. The van der Waals surface area contributed by atoms with E-state index >= 15 is 0 Å². The first-order chi connectivity index (χ1) is 8.49. The summed E-state index contributed by atoms with van der Waals surface area (Å²) in [7, 11) is 0. The molecule has 94 valence electrons. The Morgan fingerprint density at radius 1 is 1.00 bits per heavy atom. The standard InChI is InChI=1S/C12H7BrF3NO/c13-6-4-9(17)11(5-8(6)15)18-10-3-1-2-7(14)12(10)16/h1-5H,17H2. The summed E-state index contributed by atoms with van der Waals surface area (Å²) in [5.41, 5.74) is 5.69. The average Bonchev–Trinajstić information content (AvgIpc) is 2.32. The SMILES string of the molecule is Nc1cc(Br)c(F)cc1Oc1cccc(F)c1F. The minimum Gasteiger partial charge on any atom is -0.452 e. The Morgan fingerprint density at radius 2 is 1.72 bits per heavy atom. The molecule has 2 N–H and O–H groups in total. The van der Waals surface area contributed by atoms with Crippen LogP contribution in [0.3, 0.4) is 0 Å². The molecule has 0 saturated heterocycles. The largest absolute Gasteiger partial charge is 0.452 e. The first-order valence-electron chi connectivity index (χ1n) is 4.85.